The van der Waals surface area contributed by atoms with Crippen LogP contribution in [0.25, 0.3) is 0 Å². The predicted octanol–water partition coefficient (Wildman–Crippen LogP) is 3.00. The highest BCUT2D eigenvalue weighted by Crippen LogP contribution is 2.46. The van der Waals surface area contributed by atoms with Crippen molar-refractivity contribution in [2.24, 2.45) is 17.8 Å². The first-order valence-electron chi connectivity index (χ1n) is 5.55. The molecule has 1 fully saturated rings. The number of hydrogen-bond acceptors (Lipinski definition) is 1. The zero-order chi connectivity index (χ0) is 9.68. The number of aliphatic hydroxyl groups excluding tert-OH is 1. The third-order valence-corrected chi connectivity index (χ3v) is 3.51. The minimum absolute atomic E-state index is 0.355. The van der Waals surface area contributed by atoms with Gasteiger partial charge in [-0.15, -0.1) is 6.58 Å². The molecule has 1 rings (SSSR count). The number of rotatable bonds is 6. The molecule has 1 N–H and O–H groups in total. The van der Waals surface area contributed by atoms with Gasteiger partial charge >= 0.3 is 0 Å². The molecule has 13 heavy (non-hydrogen) atoms. The van der Waals surface area contributed by atoms with E-state index in [1.54, 1.807) is 0 Å². The zero-order valence-electron chi connectivity index (χ0n) is 8.71. The minimum atomic E-state index is 0.355. The van der Waals surface area contributed by atoms with Crippen LogP contribution in [0.5, 0.6) is 0 Å². The quantitative estimate of drug-likeness (QED) is 0.626. The average Bonchev–Trinajstić information content (AvgIpc) is 2.12. The number of aliphatic hydroxyl groups is 1. The monoisotopic (exact) mass is 182 g/mol. The first-order chi connectivity index (χ1) is 6.33. The van der Waals surface area contributed by atoms with E-state index in [2.05, 4.69) is 13.5 Å². The van der Waals surface area contributed by atoms with Crippen molar-refractivity contribution in [3.63, 3.8) is 0 Å². The molecule has 76 valence electrons. The van der Waals surface area contributed by atoms with Crippen molar-refractivity contribution in [2.75, 3.05) is 6.61 Å². The highest BCUT2D eigenvalue weighted by atomic mass is 16.2. The molecule has 0 spiro atoms. The fourth-order valence-corrected chi connectivity index (χ4v) is 2.68. The maximum Gasteiger partial charge on any atom is 0.0431 e. The van der Waals surface area contributed by atoms with Crippen molar-refractivity contribution in [2.45, 2.75) is 39.0 Å². The van der Waals surface area contributed by atoms with Crippen LogP contribution in [-0.4, -0.2) is 11.7 Å². The lowest BCUT2D eigenvalue weighted by Crippen LogP contribution is -2.36. The molecule has 3 atom stereocenters. The summed E-state index contributed by atoms with van der Waals surface area (Å²) in [5.41, 5.74) is 0. The highest BCUT2D eigenvalue weighted by Gasteiger charge is 2.37. The molecule has 0 amide bonds. The van der Waals surface area contributed by atoms with Gasteiger partial charge in [-0.25, -0.2) is 0 Å². The van der Waals surface area contributed by atoms with Gasteiger partial charge in [-0.1, -0.05) is 19.4 Å². The second kappa shape index (κ2) is 5.43. The maximum atomic E-state index is 8.79. The number of hydrogen-bond donors (Lipinski definition) is 1. The Morgan fingerprint density at radius 1 is 1.46 bits per heavy atom. The van der Waals surface area contributed by atoms with Gasteiger partial charge in [-0.05, 0) is 43.4 Å². The third-order valence-electron chi connectivity index (χ3n) is 3.51. The molecule has 0 aliphatic heterocycles. The van der Waals surface area contributed by atoms with Gasteiger partial charge in [0.05, 0.1) is 0 Å². The summed E-state index contributed by atoms with van der Waals surface area (Å²) in [7, 11) is 0. The van der Waals surface area contributed by atoms with E-state index in [4.69, 9.17) is 5.11 Å². The Bertz CT molecular complexity index is 153. The molecular formula is C12H22O. The third kappa shape index (κ3) is 2.57. The van der Waals surface area contributed by atoms with E-state index in [9.17, 15) is 0 Å². The lowest BCUT2D eigenvalue weighted by atomic mass is 9.61. The second-order valence-corrected chi connectivity index (χ2v) is 4.22. The summed E-state index contributed by atoms with van der Waals surface area (Å²) in [6.45, 7) is 6.43. The molecule has 0 heterocycles. The van der Waals surface area contributed by atoms with Crippen LogP contribution < -0.4 is 0 Å². The Hall–Kier alpha value is -0.300. The van der Waals surface area contributed by atoms with E-state index in [1.807, 2.05) is 6.08 Å². The average molecular weight is 182 g/mol. The van der Waals surface area contributed by atoms with Gasteiger partial charge in [-0.2, -0.15) is 0 Å². The molecule has 0 aromatic rings. The largest absolute Gasteiger partial charge is 0.396 e. The first kappa shape index (κ1) is 10.8. The Morgan fingerprint density at radius 3 is 2.77 bits per heavy atom. The summed E-state index contributed by atoms with van der Waals surface area (Å²) in [6, 6.07) is 0. The van der Waals surface area contributed by atoms with Crippen molar-refractivity contribution >= 4 is 0 Å². The Kier molecular flexibility index (Phi) is 4.51. The van der Waals surface area contributed by atoms with Crippen molar-refractivity contribution in [3.05, 3.63) is 12.7 Å². The molecular weight excluding hydrogens is 160 g/mol. The van der Waals surface area contributed by atoms with Crippen LogP contribution >= 0.6 is 0 Å². The van der Waals surface area contributed by atoms with Gasteiger partial charge in [-0.3, -0.25) is 0 Å². The van der Waals surface area contributed by atoms with E-state index in [1.165, 1.54) is 25.7 Å². The Labute approximate surface area is 81.9 Å². The van der Waals surface area contributed by atoms with Gasteiger partial charge in [0.25, 0.3) is 0 Å². The summed E-state index contributed by atoms with van der Waals surface area (Å²) < 4.78 is 0. The molecule has 1 aliphatic carbocycles. The fourth-order valence-electron chi connectivity index (χ4n) is 2.68. The summed E-state index contributed by atoms with van der Waals surface area (Å²) in [6.07, 6.45) is 8.11. The van der Waals surface area contributed by atoms with Crippen LogP contribution in [0.2, 0.25) is 0 Å². The SMILES string of the molecule is C=CC[C@@H]1C[C@@H](CC)[C@@H]1CCCO. The van der Waals surface area contributed by atoms with Crippen molar-refractivity contribution in [1.82, 2.24) is 0 Å². The topological polar surface area (TPSA) is 20.2 Å². The molecule has 1 nitrogen and oxygen atoms in total. The van der Waals surface area contributed by atoms with Crippen LogP contribution in [0.4, 0.5) is 0 Å². The fraction of sp³-hybridized carbons (Fsp3) is 0.833. The van der Waals surface area contributed by atoms with Crippen LogP contribution in [0.1, 0.15) is 39.0 Å². The van der Waals surface area contributed by atoms with Crippen molar-refractivity contribution in [3.8, 4) is 0 Å². The summed E-state index contributed by atoms with van der Waals surface area (Å²) in [5.74, 6) is 2.67. The summed E-state index contributed by atoms with van der Waals surface area (Å²) in [4.78, 5) is 0. The van der Waals surface area contributed by atoms with Gasteiger partial charge < -0.3 is 5.11 Å². The normalized spacial score (nSPS) is 32.6. The lowest BCUT2D eigenvalue weighted by Gasteiger charge is -2.44. The van der Waals surface area contributed by atoms with Crippen molar-refractivity contribution < 1.29 is 5.11 Å². The van der Waals surface area contributed by atoms with Crippen LogP contribution in [0.15, 0.2) is 12.7 Å². The molecule has 0 radical (unpaired) electrons. The second-order valence-electron chi connectivity index (χ2n) is 4.22. The maximum absolute atomic E-state index is 8.79. The molecule has 0 aromatic heterocycles. The van der Waals surface area contributed by atoms with E-state index in [-0.39, 0.29) is 0 Å². The van der Waals surface area contributed by atoms with Gasteiger partial charge in [0.1, 0.15) is 0 Å². The Morgan fingerprint density at radius 2 is 2.23 bits per heavy atom. The molecule has 1 saturated carbocycles. The standard InChI is InChI=1S/C12H22O/c1-3-6-11-9-10(4-2)12(11)7-5-8-13/h3,10-13H,1,4-9H2,2H3/t10-,11-,12+/m1/s1. The lowest BCUT2D eigenvalue weighted by molar-refractivity contribution is 0.0556. The molecule has 0 aromatic carbocycles. The molecule has 0 saturated heterocycles. The Balaban J connectivity index is 2.30. The van der Waals surface area contributed by atoms with Gasteiger partial charge in [0.15, 0.2) is 0 Å². The first-order valence-corrected chi connectivity index (χ1v) is 5.55. The van der Waals surface area contributed by atoms with E-state index in [0.29, 0.717) is 6.61 Å². The molecule has 1 aliphatic rings. The molecule has 0 unspecified atom stereocenters. The van der Waals surface area contributed by atoms with Crippen molar-refractivity contribution in [1.29, 1.82) is 0 Å². The van der Waals surface area contributed by atoms with Gasteiger partial charge in [0.2, 0.25) is 0 Å². The van der Waals surface area contributed by atoms with E-state index >= 15 is 0 Å². The predicted molar refractivity (Wildman–Crippen MR) is 56.5 cm³/mol. The van der Waals surface area contributed by atoms with E-state index in [0.717, 1.165) is 24.2 Å². The van der Waals surface area contributed by atoms with Crippen LogP contribution in [0.3, 0.4) is 0 Å². The summed E-state index contributed by atoms with van der Waals surface area (Å²) >= 11 is 0. The highest BCUT2D eigenvalue weighted by molar-refractivity contribution is 4.91. The van der Waals surface area contributed by atoms with E-state index < -0.39 is 0 Å². The number of allylic oxidation sites excluding steroid dienone is 1. The van der Waals surface area contributed by atoms with Crippen LogP contribution in [0, 0.1) is 17.8 Å². The molecule has 0 bridgehead atoms. The smallest absolute Gasteiger partial charge is 0.0431 e. The van der Waals surface area contributed by atoms with Crippen LogP contribution in [-0.2, 0) is 0 Å². The van der Waals surface area contributed by atoms with Gasteiger partial charge in [0, 0.05) is 6.61 Å². The zero-order valence-corrected chi connectivity index (χ0v) is 8.71. The molecule has 1 heteroatoms. The minimum Gasteiger partial charge on any atom is -0.396 e. The summed E-state index contributed by atoms with van der Waals surface area (Å²) in [5, 5.41) is 8.79.